The Morgan fingerprint density at radius 3 is 2.79 bits per heavy atom. The minimum atomic E-state index is -0.389. The van der Waals surface area contributed by atoms with Gasteiger partial charge in [-0.2, -0.15) is 0 Å². The van der Waals surface area contributed by atoms with E-state index in [0.29, 0.717) is 12.2 Å². The van der Waals surface area contributed by atoms with Gasteiger partial charge in [-0.1, -0.05) is 55.3 Å². The summed E-state index contributed by atoms with van der Waals surface area (Å²) in [6.07, 6.45) is 4.68. The summed E-state index contributed by atoms with van der Waals surface area (Å²) in [5.74, 6) is -0.376. The van der Waals surface area contributed by atoms with Crippen molar-refractivity contribution in [3.05, 3.63) is 52.6 Å². The van der Waals surface area contributed by atoms with Gasteiger partial charge in [-0.05, 0) is 12.0 Å². The molecule has 2 N–H and O–H groups in total. The Balaban J connectivity index is 1.90. The van der Waals surface area contributed by atoms with Crippen LogP contribution in [0.2, 0.25) is 0 Å². The van der Waals surface area contributed by atoms with Gasteiger partial charge in [0.25, 0.3) is 11.5 Å². The molecular weight excluding hydrogens is 306 g/mol. The van der Waals surface area contributed by atoms with Crippen LogP contribution in [0.1, 0.15) is 36.7 Å². The number of nitrogens with one attached hydrogen (secondary N) is 2. The van der Waals surface area contributed by atoms with E-state index < -0.39 is 0 Å². The Morgan fingerprint density at radius 1 is 1.25 bits per heavy atom. The van der Waals surface area contributed by atoms with Crippen LogP contribution in [-0.2, 0) is 0 Å². The molecule has 0 saturated heterocycles. The van der Waals surface area contributed by atoms with Crippen molar-refractivity contribution >= 4 is 11.4 Å². The summed E-state index contributed by atoms with van der Waals surface area (Å²) in [4.78, 5) is 27.4. The molecule has 0 aliphatic carbocycles. The number of H-pyrrole nitrogens is 1. The molecule has 24 heavy (non-hydrogen) atoms. The maximum atomic E-state index is 12.4. The Kier molecular flexibility index (Phi) is 4.69. The monoisotopic (exact) mass is 325 g/mol. The summed E-state index contributed by atoms with van der Waals surface area (Å²) >= 11 is 0. The van der Waals surface area contributed by atoms with Crippen LogP contribution in [0.15, 0.2) is 41.3 Å². The van der Waals surface area contributed by atoms with E-state index in [1.54, 1.807) is 6.20 Å². The summed E-state index contributed by atoms with van der Waals surface area (Å²) in [5, 5.41) is 10.6. The van der Waals surface area contributed by atoms with E-state index in [2.05, 4.69) is 27.5 Å². The number of rotatable bonds is 6. The molecule has 7 heteroatoms. The summed E-state index contributed by atoms with van der Waals surface area (Å²) in [7, 11) is 0. The van der Waals surface area contributed by atoms with E-state index in [-0.39, 0.29) is 22.7 Å². The molecule has 0 unspecified atom stereocenters. The maximum Gasteiger partial charge on any atom is 0.276 e. The molecule has 0 bridgehead atoms. The molecule has 0 radical (unpaired) electrons. The first-order valence-electron chi connectivity index (χ1n) is 8.02. The van der Waals surface area contributed by atoms with Crippen molar-refractivity contribution < 1.29 is 4.79 Å². The normalized spacial score (nSPS) is 10.9. The van der Waals surface area contributed by atoms with Crippen LogP contribution < -0.4 is 10.9 Å². The molecule has 2 aromatic heterocycles. The molecule has 3 aromatic rings. The number of hydrogen-bond acceptors (Lipinski definition) is 4. The van der Waals surface area contributed by atoms with E-state index in [4.69, 9.17) is 0 Å². The summed E-state index contributed by atoms with van der Waals surface area (Å²) < 4.78 is 1.35. The van der Waals surface area contributed by atoms with Crippen LogP contribution >= 0.6 is 0 Å². The zero-order chi connectivity index (χ0) is 16.9. The van der Waals surface area contributed by atoms with E-state index in [1.165, 1.54) is 4.52 Å². The third-order valence-corrected chi connectivity index (χ3v) is 3.77. The van der Waals surface area contributed by atoms with Gasteiger partial charge >= 0.3 is 0 Å². The minimum Gasteiger partial charge on any atom is -0.351 e. The van der Waals surface area contributed by atoms with Crippen molar-refractivity contribution in [2.75, 3.05) is 6.54 Å². The molecule has 0 saturated carbocycles. The van der Waals surface area contributed by atoms with Crippen molar-refractivity contribution in [2.24, 2.45) is 0 Å². The Labute approximate surface area is 138 Å². The second-order valence-corrected chi connectivity index (χ2v) is 5.56. The third kappa shape index (κ3) is 3.19. The van der Waals surface area contributed by atoms with Crippen molar-refractivity contribution in [3.8, 4) is 11.3 Å². The van der Waals surface area contributed by atoms with E-state index in [9.17, 15) is 9.59 Å². The van der Waals surface area contributed by atoms with Gasteiger partial charge in [0.05, 0.1) is 11.9 Å². The molecule has 0 atom stereocenters. The fraction of sp³-hybridized carbons (Fsp3) is 0.294. The number of aromatic nitrogens is 4. The number of nitrogens with zero attached hydrogens (tertiary/aromatic N) is 3. The van der Waals surface area contributed by atoms with Gasteiger partial charge in [0, 0.05) is 6.54 Å². The molecule has 3 rings (SSSR count). The van der Waals surface area contributed by atoms with Crippen LogP contribution in [0.25, 0.3) is 16.8 Å². The highest BCUT2D eigenvalue weighted by molar-refractivity contribution is 5.98. The lowest BCUT2D eigenvalue weighted by molar-refractivity contribution is 0.0949. The topological polar surface area (TPSA) is 92.2 Å². The lowest BCUT2D eigenvalue weighted by atomic mass is 10.2. The largest absolute Gasteiger partial charge is 0.351 e. The van der Waals surface area contributed by atoms with Gasteiger partial charge in [0.15, 0.2) is 11.2 Å². The van der Waals surface area contributed by atoms with Crippen LogP contribution in [0.5, 0.6) is 0 Å². The molecule has 0 aliphatic rings. The maximum absolute atomic E-state index is 12.4. The average Bonchev–Trinajstić information content (AvgIpc) is 3.04. The number of carbonyl (C=O) groups is 1. The summed E-state index contributed by atoms with van der Waals surface area (Å²) in [6.45, 7) is 2.66. The number of unbranched alkanes of at least 4 members (excludes halogenated alkanes) is 2. The SMILES string of the molecule is CCCCCNC(=O)c1nnn2cc(-c3ccccc3)[nH]c(=O)c12. The van der Waals surface area contributed by atoms with E-state index >= 15 is 0 Å². The first-order chi connectivity index (χ1) is 11.7. The fourth-order valence-corrected chi connectivity index (χ4v) is 2.51. The predicted octanol–water partition coefficient (Wildman–Crippen LogP) is 2.00. The second-order valence-electron chi connectivity index (χ2n) is 5.56. The Hall–Kier alpha value is -2.96. The summed E-state index contributed by atoms with van der Waals surface area (Å²) in [6, 6.07) is 9.43. The number of hydrogen-bond donors (Lipinski definition) is 2. The highest BCUT2D eigenvalue weighted by atomic mass is 16.2. The second kappa shape index (κ2) is 7.08. The number of amides is 1. The van der Waals surface area contributed by atoms with Gasteiger partial charge in [-0.3, -0.25) is 9.59 Å². The predicted molar refractivity (Wildman–Crippen MR) is 90.9 cm³/mol. The van der Waals surface area contributed by atoms with Gasteiger partial charge in [-0.15, -0.1) is 5.10 Å². The molecule has 2 heterocycles. The molecule has 124 valence electrons. The van der Waals surface area contributed by atoms with Crippen molar-refractivity contribution in [1.82, 2.24) is 25.1 Å². The zero-order valence-corrected chi connectivity index (χ0v) is 13.5. The van der Waals surface area contributed by atoms with Crippen LogP contribution in [0.3, 0.4) is 0 Å². The van der Waals surface area contributed by atoms with Gasteiger partial charge in [0.2, 0.25) is 0 Å². The standard InChI is InChI=1S/C17H19N5O2/c1-2-3-7-10-18-16(23)14-15-17(24)19-13(11-22(15)21-20-14)12-8-5-4-6-9-12/h4-6,8-9,11H,2-3,7,10H2,1H3,(H,18,23)(H,19,24). The first kappa shape index (κ1) is 15.9. The number of benzene rings is 1. The lowest BCUT2D eigenvalue weighted by Gasteiger charge is -2.03. The zero-order valence-electron chi connectivity index (χ0n) is 13.5. The lowest BCUT2D eigenvalue weighted by Crippen LogP contribution is -2.26. The average molecular weight is 325 g/mol. The molecule has 0 fully saturated rings. The smallest absolute Gasteiger partial charge is 0.276 e. The molecule has 1 amide bonds. The first-order valence-corrected chi connectivity index (χ1v) is 8.02. The van der Waals surface area contributed by atoms with Gasteiger partial charge in [-0.25, -0.2) is 4.52 Å². The molecular formula is C17H19N5O2. The Morgan fingerprint density at radius 2 is 2.04 bits per heavy atom. The highest BCUT2D eigenvalue weighted by Crippen LogP contribution is 2.15. The fourth-order valence-electron chi connectivity index (χ4n) is 2.51. The molecule has 0 aliphatic heterocycles. The molecule has 7 nitrogen and oxygen atoms in total. The van der Waals surface area contributed by atoms with Crippen LogP contribution in [-0.4, -0.2) is 32.3 Å². The Bertz CT molecular complexity index is 898. The van der Waals surface area contributed by atoms with Crippen molar-refractivity contribution in [1.29, 1.82) is 0 Å². The van der Waals surface area contributed by atoms with Crippen LogP contribution in [0, 0.1) is 0 Å². The molecule has 1 aromatic carbocycles. The minimum absolute atomic E-state index is 0.0485. The quantitative estimate of drug-likeness (QED) is 0.678. The van der Waals surface area contributed by atoms with Gasteiger partial charge < -0.3 is 10.3 Å². The van der Waals surface area contributed by atoms with Crippen molar-refractivity contribution in [3.63, 3.8) is 0 Å². The number of fused-ring (bicyclic) bond motifs is 1. The highest BCUT2D eigenvalue weighted by Gasteiger charge is 2.18. The van der Waals surface area contributed by atoms with E-state index in [1.807, 2.05) is 30.3 Å². The third-order valence-electron chi connectivity index (χ3n) is 3.77. The van der Waals surface area contributed by atoms with Gasteiger partial charge in [0.1, 0.15) is 0 Å². The van der Waals surface area contributed by atoms with Crippen LogP contribution in [0.4, 0.5) is 0 Å². The number of carbonyl (C=O) groups excluding carboxylic acids is 1. The summed E-state index contributed by atoms with van der Waals surface area (Å²) in [5.41, 5.74) is 1.29. The van der Waals surface area contributed by atoms with E-state index in [0.717, 1.165) is 24.8 Å². The number of aromatic amines is 1. The van der Waals surface area contributed by atoms with Crippen molar-refractivity contribution in [2.45, 2.75) is 26.2 Å². The molecule has 0 spiro atoms.